The molecule has 27 heavy (non-hydrogen) atoms. The molecule has 2 aliphatic rings. The van der Waals surface area contributed by atoms with Gasteiger partial charge in [-0.1, -0.05) is 6.92 Å². The molecule has 2 fully saturated rings. The quantitative estimate of drug-likeness (QED) is 0.732. The van der Waals surface area contributed by atoms with Gasteiger partial charge in [-0.2, -0.15) is 0 Å². The van der Waals surface area contributed by atoms with Gasteiger partial charge in [0.25, 0.3) is 5.91 Å². The van der Waals surface area contributed by atoms with E-state index in [9.17, 15) is 4.79 Å². The number of piperidine rings is 1. The molecule has 1 aromatic carbocycles. The van der Waals surface area contributed by atoms with E-state index in [1.807, 2.05) is 29.2 Å². The van der Waals surface area contributed by atoms with E-state index >= 15 is 0 Å². The van der Waals surface area contributed by atoms with Gasteiger partial charge in [-0.25, -0.2) is 0 Å². The molecule has 150 valence electrons. The van der Waals surface area contributed by atoms with Gasteiger partial charge in [-0.05, 0) is 50.5 Å². The van der Waals surface area contributed by atoms with Gasteiger partial charge < -0.3 is 19.1 Å². The van der Waals surface area contributed by atoms with Crippen LogP contribution in [-0.4, -0.2) is 73.9 Å². The third-order valence-corrected chi connectivity index (χ3v) is 5.26. The van der Waals surface area contributed by atoms with E-state index in [1.165, 1.54) is 0 Å². The zero-order valence-corrected chi connectivity index (χ0v) is 16.6. The third-order valence-electron chi connectivity index (χ3n) is 5.26. The standard InChI is InChI=1S/C21H32N2O4/c1-3-13-26-19-4-6-20(7-5-19)27-16-21(24)22-10-8-18(9-11-22)23-12-14-25-17(2)15-23/h4-7,17-18H,3,8-16H2,1-2H3. The van der Waals surface area contributed by atoms with Crippen molar-refractivity contribution >= 4 is 5.91 Å². The molecule has 3 rings (SSSR count). The van der Waals surface area contributed by atoms with Crippen molar-refractivity contribution in [3.63, 3.8) is 0 Å². The average Bonchev–Trinajstić information content (AvgIpc) is 2.71. The smallest absolute Gasteiger partial charge is 0.260 e. The fourth-order valence-corrected chi connectivity index (χ4v) is 3.75. The molecular weight excluding hydrogens is 344 g/mol. The Labute approximate surface area is 162 Å². The molecule has 6 nitrogen and oxygen atoms in total. The van der Waals surface area contributed by atoms with E-state index in [0.717, 1.165) is 57.8 Å². The number of carbonyl (C=O) groups excluding carboxylic acids is 1. The van der Waals surface area contributed by atoms with Gasteiger partial charge in [0.1, 0.15) is 11.5 Å². The Kier molecular flexibility index (Phi) is 7.35. The van der Waals surface area contributed by atoms with Crippen LogP contribution in [0.25, 0.3) is 0 Å². The fourth-order valence-electron chi connectivity index (χ4n) is 3.75. The molecule has 2 heterocycles. The zero-order chi connectivity index (χ0) is 19.1. The van der Waals surface area contributed by atoms with Crippen molar-refractivity contribution in [3.05, 3.63) is 24.3 Å². The van der Waals surface area contributed by atoms with E-state index in [1.54, 1.807) is 0 Å². The van der Waals surface area contributed by atoms with Crippen molar-refractivity contribution in [2.24, 2.45) is 0 Å². The van der Waals surface area contributed by atoms with E-state index in [4.69, 9.17) is 14.2 Å². The predicted molar refractivity (Wildman–Crippen MR) is 104 cm³/mol. The molecule has 0 bridgehead atoms. The predicted octanol–water partition coefficient (Wildman–Crippen LogP) is 2.57. The molecule has 1 unspecified atom stereocenters. The Morgan fingerprint density at radius 1 is 1.11 bits per heavy atom. The summed E-state index contributed by atoms with van der Waals surface area (Å²) in [6.07, 6.45) is 3.35. The number of nitrogens with zero attached hydrogens (tertiary/aromatic N) is 2. The highest BCUT2D eigenvalue weighted by Gasteiger charge is 2.29. The van der Waals surface area contributed by atoms with Gasteiger partial charge >= 0.3 is 0 Å². The van der Waals surface area contributed by atoms with Crippen molar-refractivity contribution in [2.75, 3.05) is 46.0 Å². The molecule has 0 spiro atoms. The second-order valence-corrected chi connectivity index (χ2v) is 7.40. The normalized spacial score (nSPS) is 21.9. The second-order valence-electron chi connectivity index (χ2n) is 7.40. The van der Waals surface area contributed by atoms with Crippen LogP contribution in [0.5, 0.6) is 11.5 Å². The molecule has 1 aromatic rings. The highest BCUT2D eigenvalue weighted by molar-refractivity contribution is 5.77. The number of ether oxygens (including phenoxy) is 3. The maximum Gasteiger partial charge on any atom is 0.260 e. The van der Waals surface area contributed by atoms with E-state index in [-0.39, 0.29) is 12.5 Å². The Morgan fingerprint density at radius 3 is 2.41 bits per heavy atom. The van der Waals surface area contributed by atoms with Gasteiger partial charge in [0.2, 0.25) is 0 Å². The van der Waals surface area contributed by atoms with Gasteiger partial charge in [-0.15, -0.1) is 0 Å². The molecule has 0 aromatic heterocycles. The average molecular weight is 376 g/mol. The molecule has 1 atom stereocenters. The lowest BCUT2D eigenvalue weighted by Gasteiger charge is -2.41. The van der Waals surface area contributed by atoms with E-state index in [0.29, 0.717) is 24.5 Å². The first kappa shape index (κ1) is 20.0. The number of amides is 1. The van der Waals surface area contributed by atoms with Crippen LogP contribution in [0, 0.1) is 0 Å². The minimum Gasteiger partial charge on any atom is -0.494 e. The van der Waals surface area contributed by atoms with Crippen molar-refractivity contribution in [2.45, 2.75) is 45.3 Å². The highest BCUT2D eigenvalue weighted by Crippen LogP contribution is 2.20. The molecule has 2 aliphatic heterocycles. The van der Waals surface area contributed by atoms with Crippen molar-refractivity contribution in [3.8, 4) is 11.5 Å². The van der Waals surface area contributed by atoms with Gasteiger partial charge in [0.15, 0.2) is 6.61 Å². The van der Waals surface area contributed by atoms with Gasteiger partial charge in [0.05, 0.1) is 19.3 Å². The first-order chi connectivity index (χ1) is 13.2. The Bertz CT molecular complexity index is 584. The molecule has 0 N–H and O–H groups in total. The number of carbonyl (C=O) groups is 1. The number of benzene rings is 1. The lowest BCUT2D eigenvalue weighted by Crippen LogP contribution is -2.52. The minimum absolute atomic E-state index is 0.0649. The van der Waals surface area contributed by atoms with Crippen molar-refractivity contribution in [1.82, 2.24) is 9.80 Å². The summed E-state index contributed by atoms with van der Waals surface area (Å²) in [7, 11) is 0. The fraction of sp³-hybridized carbons (Fsp3) is 0.667. The molecule has 0 radical (unpaired) electrons. The van der Waals surface area contributed by atoms with Crippen LogP contribution in [0.15, 0.2) is 24.3 Å². The van der Waals surface area contributed by atoms with Crippen LogP contribution in [0.3, 0.4) is 0 Å². The number of morpholine rings is 1. The van der Waals surface area contributed by atoms with Crippen molar-refractivity contribution < 1.29 is 19.0 Å². The monoisotopic (exact) mass is 376 g/mol. The van der Waals surface area contributed by atoms with E-state index < -0.39 is 0 Å². The summed E-state index contributed by atoms with van der Waals surface area (Å²) >= 11 is 0. The zero-order valence-electron chi connectivity index (χ0n) is 16.6. The van der Waals surface area contributed by atoms with Crippen LogP contribution < -0.4 is 9.47 Å². The number of likely N-dealkylation sites (tertiary alicyclic amines) is 1. The summed E-state index contributed by atoms with van der Waals surface area (Å²) in [5.74, 6) is 1.59. The first-order valence-electron chi connectivity index (χ1n) is 10.1. The molecule has 1 amide bonds. The topological polar surface area (TPSA) is 51.2 Å². The third kappa shape index (κ3) is 5.84. The Hall–Kier alpha value is -1.79. The summed E-state index contributed by atoms with van der Waals surface area (Å²) < 4.78 is 16.8. The van der Waals surface area contributed by atoms with Gasteiger partial charge in [0, 0.05) is 32.2 Å². The first-order valence-corrected chi connectivity index (χ1v) is 10.1. The highest BCUT2D eigenvalue weighted by atomic mass is 16.5. The molecule has 6 heteroatoms. The Balaban J connectivity index is 1.39. The molecular formula is C21H32N2O4. The lowest BCUT2D eigenvalue weighted by molar-refractivity contribution is -0.135. The van der Waals surface area contributed by atoms with Crippen LogP contribution in [0.1, 0.15) is 33.1 Å². The molecule has 0 aliphatic carbocycles. The van der Waals surface area contributed by atoms with Crippen molar-refractivity contribution in [1.29, 1.82) is 0 Å². The second kappa shape index (κ2) is 9.95. The largest absolute Gasteiger partial charge is 0.494 e. The maximum absolute atomic E-state index is 12.5. The Morgan fingerprint density at radius 2 is 1.78 bits per heavy atom. The SMILES string of the molecule is CCCOc1ccc(OCC(=O)N2CCC(N3CCOC(C)C3)CC2)cc1. The van der Waals surface area contributed by atoms with E-state index in [2.05, 4.69) is 18.7 Å². The summed E-state index contributed by atoms with van der Waals surface area (Å²) in [5.41, 5.74) is 0. The summed E-state index contributed by atoms with van der Waals surface area (Å²) in [4.78, 5) is 16.9. The van der Waals surface area contributed by atoms with Crippen LogP contribution >= 0.6 is 0 Å². The number of hydrogen-bond acceptors (Lipinski definition) is 5. The number of rotatable bonds is 7. The summed E-state index contributed by atoms with van der Waals surface area (Å²) in [6.45, 7) is 9.44. The minimum atomic E-state index is 0.0649. The van der Waals surface area contributed by atoms with Crippen LogP contribution in [0.2, 0.25) is 0 Å². The van der Waals surface area contributed by atoms with Crippen LogP contribution in [-0.2, 0) is 9.53 Å². The maximum atomic E-state index is 12.5. The summed E-state index contributed by atoms with van der Waals surface area (Å²) in [5, 5.41) is 0. The van der Waals surface area contributed by atoms with Gasteiger partial charge in [-0.3, -0.25) is 9.69 Å². The van der Waals surface area contributed by atoms with Crippen LogP contribution in [0.4, 0.5) is 0 Å². The lowest BCUT2D eigenvalue weighted by atomic mass is 10.0. The summed E-state index contributed by atoms with van der Waals surface area (Å²) in [6, 6.07) is 8.03. The number of hydrogen-bond donors (Lipinski definition) is 0. The molecule has 2 saturated heterocycles. The molecule has 0 saturated carbocycles.